The summed E-state index contributed by atoms with van der Waals surface area (Å²) in [5, 5.41) is 3.65. The first-order valence-corrected chi connectivity index (χ1v) is 5.59. The lowest BCUT2D eigenvalue weighted by Gasteiger charge is -2.16. The van der Waals surface area contributed by atoms with E-state index in [2.05, 4.69) is 37.4 Å². The summed E-state index contributed by atoms with van der Waals surface area (Å²) in [4.78, 5) is 0. The van der Waals surface area contributed by atoms with Gasteiger partial charge in [0.05, 0.1) is 0 Å². The molecule has 0 spiro atoms. The van der Waals surface area contributed by atoms with Crippen molar-refractivity contribution in [2.45, 2.75) is 45.6 Å². The molecule has 0 aliphatic heterocycles. The zero-order valence-electron chi connectivity index (χ0n) is 9.14. The van der Waals surface area contributed by atoms with Crippen molar-refractivity contribution in [2.24, 2.45) is 0 Å². The van der Waals surface area contributed by atoms with Crippen LogP contribution in [0.25, 0.3) is 0 Å². The van der Waals surface area contributed by atoms with Gasteiger partial charge in [-0.15, -0.1) is 0 Å². The molecule has 0 atom stereocenters. The molecular formula is C13H19N. The minimum Gasteiger partial charge on any atom is -0.382 e. The number of hydrogen-bond acceptors (Lipinski definition) is 1. The van der Waals surface area contributed by atoms with Gasteiger partial charge in [-0.25, -0.2) is 0 Å². The summed E-state index contributed by atoms with van der Waals surface area (Å²) in [6, 6.07) is 7.35. The number of hydrogen-bond donors (Lipinski definition) is 1. The first kappa shape index (κ1) is 9.57. The van der Waals surface area contributed by atoms with E-state index >= 15 is 0 Å². The molecule has 1 aromatic carbocycles. The number of anilines is 1. The van der Waals surface area contributed by atoms with Crippen molar-refractivity contribution in [2.75, 3.05) is 5.32 Å². The molecule has 2 rings (SSSR count). The molecule has 1 fully saturated rings. The standard InChI is InChI=1S/C13H19N/c1-10-7-8-11(2)13(9-10)14-12-5-3-4-6-12/h7-9,12,14H,3-6H2,1-2H3. The van der Waals surface area contributed by atoms with Crippen LogP contribution in [0.5, 0.6) is 0 Å². The second-order valence-corrected chi connectivity index (χ2v) is 4.44. The molecule has 0 radical (unpaired) electrons. The van der Waals surface area contributed by atoms with E-state index in [1.807, 2.05) is 0 Å². The fraction of sp³-hybridized carbons (Fsp3) is 0.538. The van der Waals surface area contributed by atoms with Crippen LogP contribution in [0.3, 0.4) is 0 Å². The maximum Gasteiger partial charge on any atom is 0.0374 e. The van der Waals surface area contributed by atoms with E-state index in [1.165, 1.54) is 42.5 Å². The molecule has 0 heterocycles. The molecule has 0 saturated heterocycles. The molecule has 0 amide bonds. The average molecular weight is 189 g/mol. The first-order chi connectivity index (χ1) is 6.75. The predicted molar refractivity (Wildman–Crippen MR) is 61.8 cm³/mol. The molecular weight excluding hydrogens is 170 g/mol. The summed E-state index contributed by atoms with van der Waals surface area (Å²) in [5.74, 6) is 0. The van der Waals surface area contributed by atoms with E-state index < -0.39 is 0 Å². The van der Waals surface area contributed by atoms with Crippen LogP contribution in [0.4, 0.5) is 5.69 Å². The van der Waals surface area contributed by atoms with Crippen molar-refractivity contribution in [1.29, 1.82) is 0 Å². The highest BCUT2D eigenvalue weighted by Gasteiger charge is 2.14. The number of rotatable bonds is 2. The van der Waals surface area contributed by atoms with Gasteiger partial charge in [0, 0.05) is 11.7 Å². The zero-order chi connectivity index (χ0) is 9.97. The Kier molecular flexibility index (Phi) is 2.76. The summed E-state index contributed by atoms with van der Waals surface area (Å²) >= 11 is 0. The first-order valence-electron chi connectivity index (χ1n) is 5.59. The normalized spacial score (nSPS) is 17.3. The molecule has 1 saturated carbocycles. The molecule has 0 bridgehead atoms. The minimum atomic E-state index is 0.718. The van der Waals surface area contributed by atoms with Crippen molar-refractivity contribution in [3.05, 3.63) is 29.3 Å². The monoisotopic (exact) mass is 189 g/mol. The smallest absolute Gasteiger partial charge is 0.0374 e. The molecule has 1 aliphatic rings. The molecule has 1 heteroatoms. The molecule has 1 aliphatic carbocycles. The van der Waals surface area contributed by atoms with E-state index in [4.69, 9.17) is 0 Å². The Morgan fingerprint density at radius 2 is 1.86 bits per heavy atom. The van der Waals surface area contributed by atoms with Crippen LogP contribution >= 0.6 is 0 Å². The highest BCUT2D eigenvalue weighted by molar-refractivity contribution is 5.53. The van der Waals surface area contributed by atoms with Crippen molar-refractivity contribution >= 4 is 5.69 Å². The lowest BCUT2D eigenvalue weighted by molar-refractivity contribution is 0.754. The molecule has 0 aromatic heterocycles. The van der Waals surface area contributed by atoms with E-state index in [9.17, 15) is 0 Å². The molecule has 1 aromatic rings. The maximum atomic E-state index is 3.65. The van der Waals surface area contributed by atoms with Gasteiger partial charge in [-0.2, -0.15) is 0 Å². The second kappa shape index (κ2) is 4.04. The van der Waals surface area contributed by atoms with E-state index in [1.54, 1.807) is 0 Å². The Morgan fingerprint density at radius 1 is 1.14 bits per heavy atom. The van der Waals surface area contributed by atoms with Crippen LogP contribution in [-0.4, -0.2) is 6.04 Å². The van der Waals surface area contributed by atoms with Crippen molar-refractivity contribution in [3.8, 4) is 0 Å². The third-order valence-electron chi connectivity index (χ3n) is 3.11. The van der Waals surface area contributed by atoms with Crippen LogP contribution in [0, 0.1) is 13.8 Å². The molecule has 1 N–H and O–H groups in total. The summed E-state index contributed by atoms with van der Waals surface area (Å²) in [5.41, 5.74) is 4.04. The van der Waals surface area contributed by atoms with E-state index in [0.717, 1.165) is 6.04 Å². The minimum absolute atomic E-state index is 0.718. The molecule has 0 unspecified atom stereocenters. The molecule has 76 valence electrons. The van der Waals surface area contributed by atoms with Gasteiger partial charge < -0.3 is 5.32 Å². The Hall–Kier alpha value is -0.980. The van der Waals surface area contributed by atoms with Gasteiger partial charge in [0.25, 0.3) is 0 Å². The number of nitrogens with one attached hydrogen (secondary N) is 1. The van der Waals surface area contributed by atoms with Crippen molar-refractivity contribution < 1.29 is 0 Å². The van der Waals surface area contributed by atoms with E-state index in [0.29, 0.717) is 0 Å². The third-order valence-corrected chi connectivity index (χ3v) is 3.11. The number of aryl methyl sites for hydroxylation is 2. The van der Waals surface area contributed by atoms with Crippen LogP contribution in [-0.2, 0) is 0 Å². The number of benzene rings is 1. The van der Waals surface area contributed by atoms with Gasteiger partial charge in [0.2, 0.25) is 0 Å². The van der Waals surface area contributed by atoms with Gasteiger partial charge in [-0.1, -0.05) is 25.0 Å². The van der Waals surface area contributed by atoms with Crippen LogP contribution in [0.15, 0.2) is 18.2 Å². The van der Waals surface area contributed by atoms with Crippen LogP contribution in [0.1, 0.15) is 36.8 Å². The highest BCUT2D eigenvalue weighted by atomic mass is 14.9. The molecule has 14 heavy (non-hydrogen) atoms. The summed E-state index contributed by atoms with van der Waals surface area (Å²) in [6.07, 6.45) is 5.46. The summed E-state index contributed by atoms with van der Waals surface area (Å²) in [6.45, 7) is 4.33. The van der Waals surface area contributed by atoms with Crippen molar-refractivity contribution in [3.63, 3.8) is 0 Å². The van der Waals surface area contributed by atoms with Gasteiger partial charge in [0.15, 0.2) is 0 Å². The summed E-state index contributed by atoms with van der Waals surface area (Å²) in [7, 11) is 0. The SMILES string of the molecule is Cc1ccc(C)c(NC2CCCC2)c1. The Bertz CT molecular complexity index is 311. The van der Waals surface area contributed by atoms with Gasteiger partial charge in [0.1, 0.15) is 0 Å². The Balaban J connectivity index is 2.10. The topological polar surface area (TPSA) is 12.0 Å². The lowest BCUT2D eigenvalue weighted by Crippen LogP contribution is -2.15. The fourth-order valence-corrected chi connectivity index (χ4v) is 2.18. The quantitative estimate of drug-likeness (QED) is 0.748. The lowest BCUT2D eigenvalue weighted by atomic mass is 10.1. The van der Waals surface area contributed by atoms with Crippen LogP contribution in [0.2, 0.25) is 0 Å². The third kappa shape index (κ3) is 2.09. The fourth-order valence-electron chi connectivity index (χ4n) is 2.18. The second-order valence-electron chi connectivity index (χ2n) is 4.44. The summed E-state index contributed by atoms with van der Waals surface area (Å²) < 4.78 is 0. The molecule has 1 nitrogen and oxygen atoms in total. The van der Waals surface area contributed by atoms with Crippen LogP contribution < -0.4 is 5.32 Å². The van der Waals surface area contributed by atoms with Crippen molar-refractivity contribution in [1.82, 2.24) is 0 Å². The highest BCUT2D eigenvalue weighted by Crippen LogP contribution is 2.24. The Morgan fingerprint density at radius 3 is 2.57 bits per heavy atom. The average Bonchev–Trinajstić information content (AvgIpc) is 2.64. The Labute approximate surface area is 86.5 Å². The largest absolute Gasteiger partial charge is 0.382 e. The van der Waals surface area contributed by atoms with E-state index in [-0.39, 0.29) is 0 Å². The predicted octanol–water partition coefficient (Wildman–Crippen LogP) is 3.66. The van der Waals surface area contributed by atoms with Gasteiger partial charge in [-0.3, -0.25) is 0 Å². The van der Waals surface area contributed by atoms with Gasteiger partial charge >= 0.3 is 0 Å². The van der Waals surface area contributed by atoms with Gasteiger partial charge in [-0.05, 0) is 43.9 Å². The zero-order valence-corrected chi connectivity index (χ0v) is 9.14. The maximum absolute atomic E-state index is 3.65.